The van der Waals surface area contributed by atoms with Crippen molar-refractivity contribution in [1.29, 1.82) is 0 Å². The van der Waals surface area contributed by atoms with E-state index in [2.05, 4.69) is 48.3 Å². The average Bonchev–Trinajstić information content (AvgIpc) is 2.83. The van der Waals surface area contributed by atoms with E-state index in [1.165, 1.54) is 82.6 Å². The molecule has 0 N–H and O–H groups in total. The zero-order valence-electron chi connectivity index (χ0n) is 19.8. The third kappa shape index (κ3) is 8.27. The minimum atomic E-state index is 0.605. The number of hydrogen-bond acceptors (Lipinski definition) is 3. The van der Waals surface area contributed by atoms with Crippen molar-refractivity contribution in [2.75, 3.05) is 6.61 Å². The Morgan fingerprint density at radius 2 is 1.45 bits per heavy atom. The monoisotopic (exact) mass is 422 g/mol. The zero-order valence-corrected chi connectivity index (χ0v) is 19.8. The molecule has 1 aromatic heterocycles. The molecule has 3 rings (SSSR count). The van der Waals surface area contributed by atoms with Crippen LogP contribution in [0.15, 0.2) is 36.4 Å². The zero-order chi connectivity index (χ0) is 21.7. The van der Waals surface area contributed by atoms with Gasteiger partial charge in [0.1, 0.15) is 0 Å². The molecule has 0 atom stereocenters. The van der Waals surface area contributed by atoms with Gasteiger partial charge in [0.15, 0.2) is 0 Å². The molecule has 31 heavy (non-hydrogen) atoms. The van der Waals surface area contributed by atoms with Gasteiger partial charge in [0.25, 0.3) is 0 Å². The van der Waals surface area contributed by atoms with Gasteiger partial charge in [0, 0.05) is 11.6 Å². The largest absolute Gasteiger partial charge is 0.477 e. The lowest BCUT2D eigenvalue weighted by Gasteiger charge is -2.28. The number of aryl methyl sites for hydroxylation is 1. The molecule has 3 nitrogen and oxygen atoms in total. The molecule has 0 radical (unpaired) electrons. The molecule has 2 aromatic rings. The molecule has 1 aliphatic rings. The summed E-state index contributed by atoms with van der Waals surface area (Å²) in [6.45, 7) is 5.07. The number of unbranched alkanes of at least 4 members (excludes halogenated alkanes) is 4. The van der Waals surface area contributed by atoms with Crippen molar-refractivity contribution in [3.8, 4) is 17.1 Å². The van der Waals surface area contributed by atoms with Crippen LogP contribution in [0.3, 0.4) is 0 Å². The lowest BCUT2D eigenvalue weighted by atomic mass is 9.77. The number of benzene rings is 1. The fourth-order valence-electron chi connectivity index (χ4n) is 4.82. The first-order valence-electron chi connectivity index (χ1n) is 12.8. The first kappa shape index (κ1) is 23.8. The van der Waals surface area contributed by atoms with Gasteiger partial charge < -0.3 is 4.74 Å². The topological polar surface area (TPSA) is 35.0 Å². The van der Waals surface area contributed by atoms with E-state index in [9.17, 15) is 0 Å². The van der Waals surface area contributed by atoms with Crippen LogP contribution in [0.1, 0.15) is 96.5 Å². The summed E-state index contributed by atoms with van der Waals surface area (Å²) in [5, 5.41) is 8.50. The molecule has 0 amide bonds. The highest BCUT2D eigenvalue weighted by Gasteiger charge is 2.20. The highest BCUT2D eigenvalue weighted by Crippen LogP contribution is 2.34. The number of nitrogens with zero attached hydrogens (tertiary/aromatic N) is 2. The molecule has 0 spiro atoms. The van der Waals surface area contributed by atoms with Crippen LogP contribution in [0.25, 0.3) is 11.3 Å². The molecule has 170 valence electrons. The van der Waals surface area contributed by atoms with Gasteiger partial charge in [-0.25, -0.2) is 0 Å². The van der Waals surface area contributed by atoms with Crippen LogP contribution in [-0.2, 0) is 6.42 Å². The standard InChI is InChI=1S/C28H42N2O/c1-3-5-6-7-8-9-23-10-12-24(13-11-23)14-15-25-16-18-26(19-17-25)27-20-21-28(30-29-27)31-22-4-2/h16-21,23-24H,3-15,22H2,1-2H3. The van der Waals surface area contributed by atoms with Crippen LogP contribution in [-0.4, -0.2) is 16.8 Å². The molecular formula is C28H42N2O. The Morgan fingerprint density at radius 3 is 2.10 bits per heavy atom. The first-order chi connectivity index (χ1) is 15.3. The van der Waals surface area contributed by atoms with Crippen molar-refractivity contribution < 1.29 is 4.74 Å². The summed E-state index contributed by atoms with van der Waals surface area (Å²) in [6, 6.07) is 12.8. The van der Waals surface area contributed by atoms with Crippen molar-refractivity contribution in [1.82, 2.24) is 10.2 Å². The van der Waals surface area contributed by atoms with Gasteiger partial charge in [-0.3, -0.25) is 0 Å². The van der Waals surface area contributed by atoms with Crippen molar-refractivity contribution >= 4 is 0 Å². The number of ether oxygens (including phenoxy) is 1. The van der Waals surface area contributed by atoms with Crippen molar-refractivity contribution in [2.24, 2.45) is 11.8 Å². The molecule has 0 unspecified atom stereocenters. The Labute approximate surface area is 190 Å². The highest BCUT2D eigenvalue weighted by molar-refractivity contribution is 5.59. The third-order valence-corrected chi connectivity index (χ3v) is 6.87. The van der Waals surface area contributed by atoms with Crippen LogP contribution < -0.4 is 4.74 Å². The van der Waals surface area contributed by atoms with Gasteiger partial charge in [-0.1, -0.05) is 102 Å². The Hall–Kier alpha value is -1.90. The SMILES string of the molecule is CCCCCCCC1CCC(CCc2ccc(-c3ccc(OCCC)nn3)cc2)CC1. The second-order valence-corrected chi connectivity index (χ2v) is 9.43. The molecule has 3 heteroatoms. The van der Waals surface area contributed by atoms with Crippen LogP contribution >= 0.6 is 0 Å². The summed E-state index contributed by atoms with van der Waals surface area (Å²) in [5.74, 6) is 2.54. The minimum Gasteiger partial charge on any atom is -0.477 e. The van der Waals surface area contributed by atoms with Crippen molar-refractivity contribution in [3.05, 3.63) is 42.0 Å². The maximum atomic E-state index is 5.52. The van der Waals surface area contributed by atoms with Crippen LogP contribution in [0.5, 0.6) is 5.88 Å². The van der Waals surface area contributed by atoms with Crippen molar-refractivity contribution in [3.63, 3.8) is 0 Å². The lowest BCUT2D eigenvalue weighted by molar-refractivity contribution is 0.248. The summed E-state index contributed by atoms with van der Waals surface area (Å²) in [7, 11) is 0. The highest BCUT2D eigenvalue weighted by atomic mass is 16.5. The summed E-state index contributed by atoms with van der Waals surface area (Å²) in [6.07, 6.45) is 17.9. The van der Waals surface area contributed by atoms with E-state index < -0.39 is 0 Å². The Bertz CT molecular complexity index is 718. The Kier molecular flexibility index (Phi) is 10.3. The van der Waals surface area contributed by atoms with Crippen LogP contribution in [0.2, 0.25) is 0 Å². The maximum Gasteiger partial charge on any atom is 0.233 e. The fraction of sp³-hybridized carbons (Fsp3) is 0.643. The molecule has 0 bridgehead atoms. The summed E-state index contributed by atoms with van der Waals surface area (Å²) in [5.41, 5.74) is 3.47. The van der Waals surface area contributed by atoms with Crippen LogP contribution in [0.4, 0.5) is 0 Å². The minimum absolute atomic E-state index is 0.605. The molecule has 0 aliphatic heterocycles. The predicted molar refractivity (Wildman–Crippen MR) is 130 cm³/mol. The molecule has 1 saturated carbocycles. The molecule has 1 heterocycles. The van der Waals surface area contributed by atoms with E-state index >= 15 is 0 Å². The van der Waals surface area contributed by atoms with Crippen molar-refractivity contribution in [2.45, 2.75) is 97.3 Å². The van der Waals surface area contributed by atoms with Gasteiger partial charge in [0.2, 0.25) is 5.88 Å². The summed E-state index contributed by atoms with van der Waals surface area (Å²) < 4.78 is 5.52. The lowest BCUT2D eigenvalue weighted by Crippen LogP contribution is -2.15. The predicted octanol–water partition coefficient (Wildman–Crippen LogP) is 8.03. The van der Waals surface area contributed by atoms with Gasteiger partial charge in [-0.15, -0.1) is 10.2 Å². The van der Waals surface area contributed by atoms with E-state index in [1.807, 2.05) is 12.1 Å². The Balaban J connectivity index is 1.36. The normalized spacial score (nSPS) is 18.8. The molecule has 1 aromatic carbocycles. The molecular weight excluding hydrogens is 380 g/mol. The van der Waals surface area contributed by atoms with E-state index in [0.29, 0.717) is 12.5 Å². The Morgan fingerprint density at radius 1 is 0.742 bits per heavy atom. The first-order valence-corrected chi connectivity index (χ1v) is 12.8. The number of hydrogen-bond donors (Lipinski definition) is 0. The van der Waals surface area contributed by atoms with E-state index in [1.54, 1.807) is 0 Å². The fourth-order valence-corrected chi connectivity index (χ4v) is 4.82. The summed E-state index contributed by atoms with van der Waals surface area (Å²) >= 11 is 0. The van der Waals surface area contributed by atoms with Gasteiger partial charge in [0.05, 0.1) is 12.3 Å². The summed E-state index contributed by atoms with van der Waals surface area (Å²) in [4.78, 5) is 0. The van der Waals surface area contributed by atoms with Gasteiger partial charge in [-0.05, 0) is 42.7 Å². The van der Waals surface area contributed by atoms with E-state index in [4.69, 9.17) is 4.74 Å². The molecule has 0 saturated heterocycles. The third-order valence-electron chi connectivity index (χ3n) is 6.87. The quantitative estimate of drug-likeness (QED) is 0.306. The molecule has 1 fully saturated rings. The smallest absolute Gasteiger partial charge is 0.233 e. The maximum absolute atomic E-state index is 5.52. The second kappa shape index (κ2) is 13.5. The second-order valence-electron chi connectivity index (χ2n) is 9.43. The number of aromatic nitrogens is 2. The van der Waals surface area contributed by atoms with Gasteiger partial charge >= 0.3 is 0 Å². The molecule has 1 aliphatic carbocycles. The van der Waals surface area contributed by atoms with Crippen LogP contribution in [0, 0.1) is 11.8 Å². The average molecular weight is 423 g/mol. The van der Waals surface area contributed by atoms with Gasteiger partial charge in [-0.2, -0.15) is 0 Å². The van der Waals surface area contributed by atoms with E-state index in [0.717, 1.165) is 29.5 Å². The number of rotatable bonds is 13. The van der Waals surface area contributed by atoms with E-state index in [-0.39, 0.29) is 0 Å².